The fourth-order valence-corrected chi connectivity index (χ4v) is 1.82. The van der Waals surface area contributed by atoms with Crippen molar-refractivity contribution in [3.8, 4) is 17.2 Å². The van der Waals surface area contributed by atoms with Crippen LogP contribution in [0, 0.1) is 6.92 Å². The van der Waals surface area contributed by atoms with Gasteiger partial charge in [-0.25, -0.2) is 4.79 Å². The van der Waals surface area contributed by atoms with Crippen molar-refractivity contribution in [2.24, 2.45) is 0 Å². The number of benzene rings is 2. The number of methoxy groups -OCH3 is 1. The van der Waals surface area contributed by atoms with Crippen molar-refractivity contribution < 1.29 is 24.1 Å². The lowest BCUT2D eigenvalue weighted by Gasteiger charge is -2.09. The second kappa shape index (κ2) is 7.36. The maximum absolute atomic E-state index is 11.8. The van der Waals surface area contributed by atoms with Gasteiger partial charge in [-0.2, -0.15) is 0 Å². The summed E-state index contributed by atoms with van der Waals surface area (Å²) in [5.74, 6) is 0.405. The van der Waals surface area contributed by atoms with Crippen LogP contribution < -0.4 is 9.47 Å². The quantitative estimate of drug-likeness (QED) is 0.656. The molecule has 2 rings (SSSR count). The molecule has 0 bridgehead atoms. The van der Waals surface area contributed by atoms with Crippen LogP contribution in [0.2, 0.25) is 0 Å². The highest BCUT2D eigenvalue weighted by atomic mass is 16.6. The zero-order valence-electron chi connectivity index (χ0n) is 12.5. The number of carbonyl (C=O) groups excluding carboxylic acids is 1. The van der Waals surface area contributed by atoms with Crippen LogP contribution in [0.4, 0.5) is 0 Å². The molecule has 0 radical (unpaired) electrons. The van der Waals surface area contributed by atoms with Gasteiger partial charge in [0, 0.05) is 6.07 Å². The molecular formula is C17H18O5. The zero-order chi connectivity index (χ0) is 15.9. The minimum atomic E-state index is -0.604. The minimum Gasteiger partial charge on any atom is -0.507 e. The highest BCUT2D eigenvalue weighted by Gasteiger charge is 2.13. The van der Waals surface area contributed by atoms with Crippen LogP contribution in [0.25, 0.3) is 0 Å². The number of phenols is 1. The molecule has 0 unspecified atom stereocenters. The summed E-state index contributed by atoms with van der Waals surface area (Å²) < 4.78 is 15.5. The maximum Gasteiger partial charge on any atom is 0.342 e. The molecule has 0 aliphatic heterocycles. The summed E-state index contributed by atoms with van der Waals surface area (Å²) in [6, 6.07) is 12.0. The molecule has 0 saturated carbocycles. The average molecular weight is 302 g/mol. The van der Waals surface area contributed by atoms with E-state index in [1.807, 2.05) is 31.2 Å². The monoisotopic (exact) mass is 302 g/mol. The molecule has 1 N–H and O–H groups in total. The van der Waals surface area contributed by atoms with Gasteiger partial charge in [-0.15, -0.1) is 0 Å². The largest absolute Gasteiger partial charge is 0.507 e. The lowest BCUT2D eigenvalue weighted by atomic mass is 10.2. The van der Waals surface area contributed by atoms with E-state index in [-0.39, 0.29) is 24.5 Å². The summed E-state index contributed by atoms with van der Waals surface area (Å²) in [5, 5.41) is 9.74. The molecule has 0 atom stereocenters. The highest BCUT2D eigenvalue weighted by Crippen LogP contribution is 2.23. The molecule has 0 spiro atoms. The zero-order valence-corrected chi connectivity index (χ0v) is 12.5. The fraction of sp³-hybridized carbons (Fsp3) is 0.235. The Hall–Kier alpha value is -2.69. The third-order valence-corrected chi connectivity index (χ3v) is 3.03. The van der Waals surface area contributed by atoms with E-state index in [1.54, 1.807) is 6.07 Å². The molecule has 0 aromatic heterocycles. The first kappa shape index (κ1) is 15.7. The van der Waals surface area contributed by atoms with Gasteiger partial charge >= 0.3 is 5.97 Å². The number of aromatic hydroxyl groups is 1. The molecule has 116 valence electrons. The fourth-order valence-electron chi connectivity index (χ4n) is 1.82. The number of carbonyl (C=O) groups is 1. The predicted octanol–water partition coefficient (Wildman–Crippen LogP) is 2.95. The first-order valence-corrected chi connectivity index (χ1v) is 6.84. The molecule has 5 heteroatoms. The molecular weight excluding hydrogens is 284 g/mol. The van der Waals surface area contributed by atoms with E-state index in [4.69, 9.17) is 14.2 Å². The Bertz CT molecular complexity index is 634. The third kappa shape index (κ3) is 4.15. The van der Waals surface area contributed by atoms with Crippen molar-refractivity contribution >= 4 is 5.97 Å². The van der Waals surface area contributed by atoms with Crippen LogP contribution in [-0.4, -0.2) is 31.4 Å². The molecule has 2 aromatic carbocycles. The Morgan fingerprint density at radius 1 is 1.05 bits per heavy atom. The van der Waals surface area contributed by atoms with E-state index in [2.05, 4.69) is 0 Å². The molecule has 0 amide bonds. The van der Waals surface area contributed by atoms with E-state index in [0.29, 0.717) is 11.5 Å². The summed E-state index contributed by atoms with van der Waals surface area (Å²) in [4.78, 5) is 11.8. The second-order valence-corrected chi connectivity index (χ2v) is 4.68. The van der Waals surface area contributed by atoms with E-state index >= 15 is 0 Å². The normalized spacial score (nSPS) is 10.1. The number of hydrogen-bond donors (Lipinski definition) is 1. The summed E-state index contributed by atoms with van der Waals surface area (Å²) in [6.45, 7) is 2.33. The number of rotatable bonds is 6. The van der Waals surface area contributed by atoms with Crippen LogP contribution in [0.1, 0.15) is 15.9 Å². The number of hydrogen-bond acceptors (Lipinski definition) is 5. The molecule has 0 saturated heterocycles. The number of aryl methyl sites for hydroxylation is 1. The Kier molecular flexibility index (Phi) is 5.25. The van der Waals surface area contributed by atoms with Gasteiger partial charge in [0.05, 0.1) is 7.11 Å². The Morgan fingerprint density at radius 3 is 2.36 bits per heavy atom. The van der Waals surface area contributed by atoms with Crippen molar-refractivity contribution in [2.45, 2.75) is 6.92 Å². The van der Waals surface area contributed by atoms with Crippen LogP contribution >= 0.6 is 0 Å². The number of phenolic OH excluding ortho intramolecular Hbond substituents is 1. The maximum atomic E-state index is 11.8. The third-order valence-electron chi connectivity index (χ3n) is 3.03. The van der Waals surface area contributed by atoms with Crippen molar-refractivity contribution in [1.29, 1.82) is 0 Å². The molecule has 0 fully saturated rings. The highest BCUT2D eigenvalue weighted by molar-refractivity contribution is 5.92. The van der Waals surface area contributed by atoms with Gasteiger partial charge in [0.2, 0.25) is 0 Å². The SMILES string of the molecule is COc1ccc(C(=O)OCCOc2ccc(C)cc2)c(O)c1. The van der Waals surface area contributed by atoms with E-state index in [9.17, 15) is 9.90 Å². The smallest absolute Gasteiger partial charge is 0.342 e. The van der Waals surface area contributed by atoms with Crippen molar-refractivity contribution in [3.05, 3.63) is 53.6 Å². The first-order valence-electron chi connectivity index (χ1n) is 6.84. The number of esters is 1. The standard InChI is InChI=1S/C17H18O5/c1-12-3-5-13(6-4-12)21-9-10-22-17(19)15-8-7-14(20-2)11-16(15)18/h3-8,11,18H,9-10H2,1-2H3. The van der Waals surface area contributed by atoms with Gasteiger partial charge < -0.3 is 19.3 Å². The van der Waals surface area contributed by atoms with Gasteiger partial charge in [-0.1, -0.05) is 17.7 Å². The topological polar surface area (TPSA) is 65.0 Å². The summed E-state index contributed by atoms with van der Waals surface area (Å²) in [6.07, 6.45) is 0. The van der Waals surface area contributed by atoms with Crippen LogP contribution in [0.15, 0.2) is 42.5 Å². The molecule has 0 aliphatic rings. The Balaban J connectivity index is 1.81. The molecule has 22 heavy (non-hydrogen) atoms. The van der Waals surface area contributed by atoms with Gasteiger partial charge in [-0.3, -0.25) is 0 Å². The Labute approximate surface area is 129 Å². The van der Waals surface area contributed by atoms with Crippen molar-refractivity contribution in [3.63, 3.8) is 0 Å². The van der Waals surface area contributed by atoms with Crippen LogP contribution in [0.5, 0.6) is 17.2 Å². The van der Waals surface area contributed by atoms with Gasteiger partial charge in [0.1, 0.15) is 36.0 Å². The van der Waals surface area contributed by atoms with Crippen molar-refractivity contribution in [2.75, 3.05) is 20.3 Å². The lowest BCUT2D eigenvalue weighted by Crippen LogP contribution is -2.12. The minimum absolute atomic E-state index is 0.0936. The van der Waals surface area contributed by atoms with Gasteiger partial charge in [0.25, 0.3) is 0 Å². The molecule has 5 nitrogen and oxygen atoms in total. The summed E-state index contributed by atoms with van der Waals surface area (Å²) >= 11 is 0. The first-order chi connectivity index (χ1) is 10.6. The van der Waals surface area contributed by atoms with Crippen molar-refractivity contribution in [1.82, 2.24) is 0 Å². The average Bonchev–Trinajstić information content (AvgIpc) is 2.52. The van der Waals surface area contributed by atoms with E-state index in [0.717, 1.165) is 5.56 Å². The van der Waals surface area contributed by atoms with Gasteiger partial charge in [0.15, 0.2) is 0 Å². The van der Waals surface area contributed by atoms with Crippen LogP contribution in [0.3, 0.4) is 0 Å². The molecule has 0 aliphatic carbocycles. The van der Waals surface area contributed by atoms with E-state index < -0.39 is 5.97 Å². The van der Waals surface area contributed by atoms with Gasteiger partial charge in [-0.05, 0) is 31.2 Å². The summed E-state index contributed by atoms with van der Waals surface area (Å²) in [5.41, 5.74) is 1.24. The number of ether oxygens (including phenoxy) is 3. The predicted molar refractivity (Wildman–Crippen MR) is 81.6 cm³/mol. The lowest BCUT2D eigenvalue weighted by molar-refractivity contribution is 0.0447. The molecule has 2 aromatic rings. The summed E-state index contributed by atoms with van der Waals surface area (Å²) in [7, 11) is 1.48. The van der Waals surface area contributed by atoms with Crippen LogP contribution in [-0.2, 0) is 4.74 Å². The Morgan fingerprint density at radius 2 is 1.73 bits per heavy atom. The molecule has 0 heterocycles. The van der Waals surface area contributed by atoms with E-state index in [1.165, 1.54) is 19.2 Å². The second-order valence-electron chi connectivity index (χ2n) is 4.68.